The predicted octanol–water partition coefficient (Wildman–Crippen LogP) is 5.32. The van der Waals surface area contributed by atoms with Gasteiger partial charge < -0.3 is 14.6 Å². The molecule has 4 nitrogen and oxygen atoms in total. The van der Waals surface area contributed by atoms with Crippen molar-refractivity contribution in [2.45, 2.75) is 19.4 Å². The van der Waals surface area contributed by atoms with Crippen LogP contribution in [0.15, 0.2) is 85.1 Å². The first-order valence-electron chi connectivity index (χ1n) is 10.2. The summed E-state index contributed by atoms with van der Waals surface area (Å²) in [6, 6.07) is 25.1. The fourth-order valence-electron chi connectivity index (χ4n) is 3.89. The Labute approximate surface area is 176 Å². The van der Waals surface area contributed by atoms with E-state index in [1.165, 1.54) is 0 Å². The van der Waals surface area contributed by atoms with Gasteiger partial charge in [0.2, 0.25) is 0 Å². The van der Waals surface area contributed by atoms with Crippen molar-refractivity contribution in [3.8, 4) is 11.5 Å². The molecule has 30 heavy (non-hydrogen) atoms. The fourth-order valence-corrected chi connectivity index (χ4v) is 3.89. The van der Waals surface area contributed by atoms with Crippen LogP contribution in [0.2, 0.25) is 0 Å². The summed E-state index contributed by atoms with van der Waals surface area (Å²) in [4.78, 5) is 4.54. The Balaban J connectivity index is 2.16. The number of benzene rings is 3. The van der Waals surface area contributed by atoms with Gasteiger partial charge in [0.25, 0.3) is 0 Å². The van der Waals surface area contributed by atoms with Crippen LogP contribution in [0.3, 0.4) is 0 Å². The first-order valence-corrected chi connectivity index (χ1v) is 10.2. The van der Waals surface area contributed by atoms with Gasteiger partial charge in [0.15, 0.2) is 17.1 Å². The molecule has 0 aliphatic rings. The van der Waals surface area contributed by atoms with Gasteiger partial charge in [-0.2, -0.15) is 0 Å². The van der Waals surface area contributed by atoms with E-state index in [1.54, 1.807) is 6.20 Å². The Morgan fingerprint density at radius 3 is 2.23 bits per heavy atom. The molecule has 0 radical (unpaired) electrons. The van der Waals surface area contributed by atoms with E-state index in [2.05, 4.69) is 4.98 Å². The second-order valence-electron chi connectivity index (χ2n) is 6.96. The van der Waals surface area contributed by atoms with E-state index < -0.39 is 5.60 Å². The molecule has 1 atom stereocenters. The molecule has 3 aromatic carbocycles. The van der Waals surface area contributed by atoms with Crippen LogP contribution in [0.5, 0.6) is 11.5 Å². The van der Waals surface area contributed by atoms with Crippen LogP contribution in [0.4, 0.5) is 0 Å². The van der Waals surface area contributed by atoms with Crippen molar-refractivity contribution in [1.82, 2.24) is 4.98 Å². The SMILES string of the molecule is CCOc1cc2ccccc2c([C@](O)(c2ccccc2)c2ccccn2)c1OCC. The molecule has 0 saturated heterocycles. The fraction of sp³-hybridized carbons (Fsp3) is 0.192. The molecule has 0 aliphatic carbocycles. The van der Waals surface area contributed by atoms with E-state index in [0.29, 0.717) is 41.5 Å². The Morgan fingerprint density at radius 2 is 1.53 bits per heavy atom. The van der Waals surface area contributed by atoms with Gasteiger partial charge in [0, 0.05) is 11.8 Å². The summed E-state index contributed by atoms with van der Waals surface area (Å²) in [5, 5.41) is 14.3. The van der Waals surface area contributed by atoms with Crippen LogP contribution in [0.25, 0.3) is 10.8 Å². The number of hydrogen-bond acceptors (Lipinski definition) is 4. The average Bonchev–Trinajstić information content (AvgIpc) is 2.80. The van der Waals surface area contributed by atoms with Crippen LogP contribution >= 0.6 is 0 Å². The lowest BCUT2D eigenvalue weighted by Crippen LogP contribution is -2.31. The monoisotopic (exact) mass is 399 g/mol. The highest BCUT2D eigenvalue weighted by molar-refractivity contribution is 5.92. The minimum Gasteiger partial charge on any atom is -0.490 e. The Morgan fingerprint density at radius 1 is 0.833 bits per heavy atom. The zero-order chi connectivity index (χ0) is 21.0. The van der Waals surface area contributed by atoms with Gasteiger partial charge in [0.1, 0.15) is 0 Å². The zero-order valence-corrected chi connectivity index (χ0v) is 17.2. The van der Waals surface area contributed by atoms with Crippen molar-refractivity contribution in [3.63, 3.8) is 0 Å². The van der Waals surface area contributed by atoms with Gasteiger partial charge in [-0.25, -0.2) is 0 Å². The first kappa shape index (κ1) is 19.9. The Hall–Kier alpha value is -3.37. The second-order valence-corrected chi connectivity index (χ2v) is 6.96. The standard InChI is InChI=1S/C26H25NO3/c1-3-29-22-18-19-12-8-9-15-21(19)24(25(22)30-4-2)26(28,20-13-6-5-7-14-20)23-16-10-11-17-27-23/h5-18,28H,3-4H2,1-2H3/t26-/m0/s1. The number of aliphatic hydroxyl groups is 1. The van der Waals surface area contributed by atoms with Gasteiger partial charge in [-0.05, 0) is 48.4 Å². The van der Waals surface area contributed by atoms with Crippen LogP contribution in [-0.2, 0) is 5.60 Å². The van der Waals surface area contributed by atoms with Gasteiger partial charge in [-0.1, -0.05) is 60.7 Å². The molecule has 4 rings (SSSR count). The zero-order valence-electron chi connectivity index (χ0n) is 17.2. The minimum atomic E-state index is -1.53. The molecule has 0 saturated carbocycles. The van der Waals surface area contributed by atoms with Crippen LogP contribution in [0, 0.1) is 0 Å². The van der Waals surface area contributed by atoms with E-state index in [-0.39, 0.29) is 0 Å². The number of pyridine rings is 1. The molecular weight excluding hydrogens is 374 g/mol. The van der Waals surface area contributed by atoms with E-state index in [4.69, 9.17) is 9.47 Å². The third kappa shape index (κ3) is 3.40. The third-order valence-corrected chi connectivity index (χ3v) is 5.15. The molecule has 1 aromatic heterocycles. The van der Waals surface area contributed by atoms with Gasteiger partial charge in [-0.15, -0.1) is 0 Å². The lowest BCUT2D eigenvalue weighted by atomic mass is 9.80. The molecule has 0 spiro atoms. The summed E-state index contributed by atoms with van der Waals surface area (Å²) in [6.07, 6.45) is 1.69. The summed E-state index contributed by atoms with van der Waals surface area (Å²) in [5.74, 6) is 1.15. The average molecular weight is 399 g/mol. The molecule has 0 bridgehead atoms. The number of nitrogens with zero attached hydrogens (tertiary/aromatic N) is 1. The maximum atomic E-state index is 12.4. The van der Waals surface area contributed by atoms with E-state index in [9.17, 15) is 5.11 Å². The second kappa shape index (κ2) is 8.56. The molecule has 0 aliphatic heterocycles. The van der Waals surface area contributed by atoms with Gasteiger partial charge in [0.05, 0.1) is 18.9 Å². The summed E-state index contributed by atoms with van der Waals surface area (Å²) < 4.78 is 12.1. The number of fused-ring (bicyclic) bond motifs is 1. The van der Waals surface area contributed by atoms with Crippen molar-refractivity contribution < 1.29 is 14.6 Å². The van der Waals surface area contributed by atoms with Crippen molar-refractivity contribution in [1.29, 1.82) is 0 Å². The molecule has 0 fully saturated rings. The molecule has 0 unspecified atom stereocenters. The molecule has 0 amide bonds. The van der Waals surface area contributed by atoms with E-state index in [1.807, 2.05) is 92.7 Å². The molecule has 4 aromatic rings. The van der Waals surface area contributed by atoms with Crippen molar-refractivity contribution in [3.05, 3.63) is 102 Å². The summed E-state index contributed by atoms with van der Waals surface area (Å²) in [6.45, 7) is 4.80. The minimum absolute atomic E-state index is 0.443. The van der Waals surface area contributed by atoms with Crippen molar-refractivity contribution >= 4 is 10.8 Å². The van der Waals surface area contributed by atoms with Crippen LogP contribution in [0.1, 0.15) is 30.7 Å². The normalized spacial score (nSPS) is 13.0. The maximum Gasteiger partial charge on any atom is 0.168 e. The maximum absolute atomic E-state index is 12.4. The summed E-state index contributed by atoms with van der Waals surface area (Å²) in [5.41, 5.74) is 0.343. The predicted molar refractivity (Wildman–Crippen MR) is 119 cm³/mol. The van der Waals surface area contributed by atoms with Gasteiger partial charge in [-0.3, -0.25) is 4.98 Å². The first-order chi connectivity index (χ1) is 14.7. The number of ether oxygens (including phenoxy) is 2. The van der Waals surface area contributed by atoms with Crippen molar-refractivity contribution in [2.24, 2.45) is 0 Å². The lowest BCUT2D eigenvalue weighted by Gasteiger charge is -2.32. The lowest BCUT2D eigenvalue weighted by molar-refractivity contribution is 0.117. The largest absolute Gasteiger partial charge is 0.490 e. The quantitative estimate of drug-likeness (QED) is 0.457. The molecule has 1 N–H and O–H groups in total. The van der Waals surface area contributed by atoms with E-state index in [0.717, 1.165) is 10.8 Å². The highest BCUT2D eigenvalue weighted by Crippen LogP contribution is 2.48. The van der Waals surface area contributed by atoms with E-state index >= 15 is 0 Å². The Kier molecular flexibility index (Phi) is 5.68. The van der Waals surface area contributed by atoms with Crippen molar-refractivity contribution in [2.75, 3.05) is 13.2 Å². The summed E-state index contributed by atoms with van der Waals surface area (Å²) in [7, 11) is 0. The Bertz CT molecular complexity index is 1090. The van der Waals surface area contributed by atoms with Crippen LogP contribution < -0.4 is 9.47 Å². The topological polar surface area (TPSA) is 51.6 Å². The number of aromatic nitrogens is 1. The number of rotatable bonds is 7. The number of hydrogen-bond donors (Lipinski definition) is 1. The smallest absolute Gasteiger partial charge is 0.168 e. The molecule has 4 heteroatoms. The molecule has 1 heterocycles. The highest BCUT2D eigenvalue weighted by Gasteiger charge is 2.40. The third-order valence-electron chi connectivity index (χ3n) is 5.15. The highest BCUT2D eigenvalue weighted by atomic mass is 16.5. The molecule has 152 valence electrons. The summed E-state index contributed by atoms with van der Waals surface area (Å²) >= 11 is 0. The molecular formula is C26H25NO3. The van der Waals surface area contributed by atoms with Gasteiger partial charge >= 0.3 is 0 Å². The van der Waals surface area contributed by atoms with Crippen LogP contribution in [-0.4, -0.2) is 23.3 Å².